The van der Waals surface area contributed by atoms with Crippen molar-refractivity contribution in [3.63, 3.8) is 0 Å². The highest BCUT2D eigenvalue weighted by molar-refractivity contribution is 7.99. The first kappa shape index (κ1) is 14.3. The summed E-state index contributed by atoms with van der Waals surface area (Å²) in [7, 11) is 1.94. The molecular weight excluding hydrogens is 194 g/mol. The molecule has 1 atom stereocenters. The van der Waals surface area contributed by atoms with E-state index in [1.165, 1.54) is 24.3 Å². The van der Waals surface area contributed by atoms with Gasteiger partial charge < -0.3 is 10.4 Å². The Bertz CT molecular complexity index is 118. The topological polar surface area (TPSA) is 32.3 Å². The quantitative estimate of drug-likeness (QED) is 0.584. The third-order valence-corrected chi connectivity index (χ3v) is 4.08. The number of nitrogens with one attached hydrogen (secondary N) is 1. The van der Waals surface area contributed by atoms with Gasteiger partial charge in [-0.2, -0.15) is 11.8 Å². The molecule has 0 bridgehead atoms. The molecule has 0 fully saturated rings. The van der Waals surface area contributed by atoms with Crippen LogP contribution in [0.1, 0.15) is 39.5 Å². The van der Waals surface area contributed by atoms with Gasteiger partial charge in [-0.1, -0.05) is 13.8 Å². The first-order valence-electron chi connectivity index (χ1n) is 5.62. The Labute approximate surface area is 92.9 Å². The Morgan fingerprint density at radius 3 is 2.43 bits per heavy atom. The Hall–Kier alpha value is 0.270. The molecule has 0 aromatic rings. The molecule has 2 nitrogen and oxygen atoms in total. The smallest absolute Gasteiger partial charge is 0.0613 e. The average Bonchev–Trinajstić information content (AvgIpc) is 2.24. The van der Waals surface area contributed by atoms with Crippen LogP contribution in [0.3, 0.4) is 0 Å². The molecule has 0 aromatic carbocycles. The molecular formula is C11H25NOS. The Balaban J connectivity index is 3.61. The predicted molar refractivity (Wildman–Crippen MR) is 66.0 cm³/mol. The second-order valence-corrected chi connectivity index (χ2v) is 4.98. The van der Waals surface area contributed by atoms with Crippen molar-refractivity contribution < 1.29 is 5.11 Å². The average molecular weight is 219 g/mol. The van der Waals surface area contributed by atoms with Gasteiger partial charge in [-0.15, -0.1) is 0 Å². The first-order chi connectivity index (χ1) is 6.74. The van der Waals surface area contributed by atoms with Crippen LogP contribution in [0.5, 0.6) is 0 Å². The highest BCUT2D eigenvalue weighted by Crippen LogP contribution is 2.18. The lowest BCUT2D eigenvalue weighted by atomic mass is 9.92. The van der Waals surface area contributed by atoms with Crippen LogP contribution < -0.4 is 5.32 Å². The fraction of sp³-hybridized carbons (Fsp3) is 1.00. The van der Waals surface area contributed by atoms with Crippen LogP contribution in [0, 0.1) is 0 Å². The molecule has 0 aliphatic heterocycles. The van der Waals surface area contributed by atoms with E-state index in [0.29, 0.717) is 0 Å². The summed E-state index contributed by atoms with van der Waals surface area (Å²) in [6.45, 7) is 4.59. The normalized spacial score (nSPS) is 15.4. The number of hydrogen-bond donors (Lipinski definition) is 2. The minimum Gasteiger partial charge on any atom is -0.394 e. The molecule has 1 unspecified atom stereocenters. The lowest BCUT2D eigenvalue weighted by Crippen LogP contribution is -2.45. The molecule has 0 aliphatic carbocycles. The summed E-state index contributed by atoms with van der Waals surface area (Å²) >= 11 is 2.02. The highest BCUT2D eigenvalue weighted by atomic mass is 32.2. The summed E-state index contributed by atoms with van der Waals surface area (Å²) in [4.78, 5) is 0. The molecule has 86 valence electrons. The SMILES string of the molecule is CCCSCCCC(CC)(CO)NC. The number of aliphatic hydroxyl groups is 1. The first-order valence-corrected chi connectivity index (χ1v) is 6.77. The van der Waals surface area contributed by atoms with E-state index in [2.05, 4.69) is 19.2 Å². The van der Waals surface area contributed by atoms with Gasteiger partial charge in [0.25, 0.3) is 0 Å². The van der Waals surface area contributed by atoms with E-state index in [9.17, 15) is 5.11 Å². The molecule has 0 heterocycles. The van der Waals surface area contributed by atoms with Gasteiger partial charge in [0.15, 0.2) is 0 Å². The zero-order chi connectivity index (χ0) is 10.9. The standard InChI is InChI=1S/C11H25NOS/c1-4-8-14-9-6-7-11(5-2,10-13)12-3/h12-13H,4-10H2,1-3H3. The van der Waals surface area contributed by atoms with Crippen LogP contribution in [-0.2, 0) is 0 Å². The third-order valence-electron chi connectivity index (χ3n) is 2.80. The minimum absolute atomic E-state index is 0.0349. The van der Waals surface area contributed by atoms with Crippen molar-refractivity contribution in [2.24, 2.45) is 0 Å². The van der Waals surface area contributed by atoms with Crippen LogP contribution in [0.15, 0.2) is 0 Å². The monoisotopic (exact) mass is 219 g/mol. The van der Waals surface area contributed by atoms with Crippen molar-refractivity contribution in [1.82, 2.24) is 5.32 Å². The van der Waals surface area contributed by atoms with Gasteiger partial charge >= 0.3 is 0 Å². The van der Waals surface area contributed by atoms with Crippen LogP contribution >= 0.6 is 11.8 Å². The molecule has 14 heavy (non-hydrogen) atoms. The van der Waals surface area contributed by atoms with Crippen LogP contribution in [0.4, 0.5) is 0 Å². The van der Waals surface area contributed by atoms with Crippen molar-refractivity contribution in [1.29, 1.82) is 0 Å². The number of rotatable bonds is 9. The zero-order valence-corrected chi connectivity index (χ0v) is 10.6. The van der Waals surface area contributed by atoms with E-state index in [0.717, 1.165) is 12.8 Å². The van der Waals surface area contributed by atoms with E-state index in [1.807, 2.05) is 18.8 Å². The minimum atomic E-state index is -0.0349. The number of aliphatic hydroxyl groups excluding tert-OH is 1. The maximum atomic E-state index is 9.31. The largest absolute Gasteiger partial charge is 0.394 e. The molecule has 0 rings (SSSR count). The van der Waals surface area contributed by atoms with Crippen molar-refractivity contribution in [3.8, 4) is 0 Å². The Kier molecular flexibility index (Phi) is 8.73. The van der Waals surface area contributed by atoms with E-state index in [-0.39, 0.29) is 12.1 Å². The molecule has 0 amide bonds. The van der Waals surface area contributed by atoms with Gasteiger partial charge in [0.05, 0.1) is 6.61 Å². The number of hydrogen-bond acceptors (Lipinski definition) is 3. The molecule has 0 spiro atoms. The van der Waals surface area contributed by atoms with Crippen LogP contribution in [0.25, 0.3) is 0 Å². The molecule has 0 aromatic heterocycles. The third kappa shape index (κ3) is 5.23. The van der Waals surface area contributed by atoms with Crippen molar-refractivity contribution in [2.75, 3.05) is 25.2 Å². The second kappa shape index (κ2) is 8.57. The van der Waals surface area contributed by atoms with Crippen molar-refractivity contribution in [3.05, 3.63) is 0 Å². The maximum Gasteiger partial charge on any atom is 0.0613 e. The molecule has 0 radical (unpaired) electrons. The number of thioether (sulfide) groups is 1. The second-order valence-electron chi connectivity index (χ2n) is 3.76. The molecule has 0 aliphatic rings. The van der Waals surface area contributed by atoms with Gasteiger partial charge in [0.2, 0.25) is 0 Å². The van der Waals surface area contributed by atoms with E-state index in [1.54, 1.807) is 0 Å². The number of likely N-dealkylation sites (N-methyl/N-ethyl adjacent to an activating group) is 1. The van der Waals surface area contributed by atoms with Crippen molar-refractivity contribution >= 4 is 11.8 Å². The fourth-order valence-corrected chi connectivity index (χ4v) is 2.35. The summed E-state index contributed by atoms with van der Waals surface area (Å²) in [5, 5.41) is 12.6. The van der Waals surface area contributed by atoms with Gasteiger partial charge in [0, 0.05) is 5.54 Å². The van der Waals surface area contributed by atoms with Crippen LogP contribution in [0.2, 0.25) is 0 Å². The van der Waals surface area contributed by atoms with E-state index >= 15 is 0 Å². The Morgan fingerprint density at radius 2 is 2.00 bits per heavy atom. The molecule has 0 saturated heterocycles. The van der Waals surface area contributed by atoms with E-state index in [4.69, 9.17) is 0 Å². The lowest BCUT2D eigenvalue weighted by Gasteiger charge is -2.30. The van der Waals surface area contributed by atoms with Gasteiger partial charge in [-0.3, -0.25) is 0 Å². The fourth-order valence-electron chi connectivity index (χ4n) is 1.51. The van der Waals surface area contributed by atoms with E-state index < -0.39 is 0 Å². The lowest BCUT2D eigenvalue weighted by molar-refractivity contribution is 0.154. The predicted octanol–water partition coefficient (Wildman–Crippen LogP) is 2.27. The summed E-state index contributed by atoms with van der Waals surface area (Å²) in [6.07, 6.45) is 4.53. The summed E-state index contributed by atoms with van der Waals surface area (Å²) in [6, 6.07) is 0. The van der Waals surface area contributed by atoms with Crippen molar-refractivity contribution in [2.45, 2.75) is 45.1 Å². The molecule has 0 saturated carbocycles. The zero-order valence-electron chi connectivity index (χ0n) is 9.81. The summed E-state index contributed by atoms with van der Waals surface area (Å²) < 4.78 is 0. The van der Waals surface area contributed by atoms with Gasteiger partial charge in [-0.25, -0.2) is 0 Å². The summed E-state index contributed by atoms with van der Waals surface area (Å²) in [5.74, 6) is 2.48. The summed E-state index contributed by atoms with van der Waals surface area (Å²) in [5.41, 5.74) is -0.0349. The van der Waals surface area contributed by atoms with Crippen LogP contribution in [-0.4, -0.2) is 35.8 Å². The molecule has 2 N–H and O–H groups in total. The Morgan fingerprint density at radius 1 is 1.29 bits per heavy atom. The maximum absolute atomic E-state index is 9.31. The van der Waals surface area contributed by atoms with Gasteiger partial charge in [-0.05, 0) is 44.2 Å². The van der Waals surface area contributed by atoms with Gasteiger partial charge in [0.1, 0.15) is 0 Å². The molecule has 3 heteroatoms. The highest BCUT2D eigenvalue weighted by Gasteiger charge is 2.23.